The van der Waals surface area contributed by atoms with Crippen LogP contribution in [-0.4, -0.2) is 59.0 Å². The molecule has 2 heterocycles. The number of H-pyrrole nitrogens is 1. The summed E-state index contributed by atoms with van der Waals surface area (Å²) in [5.41, 5.74) is 1.97. The summed E-state index contributed by atoms with van der Waals surface area (Å²) in [5.74, 6) is 0.651. The van der Waals surface area contributed by atoms with E-state index in [1.54, 1.807) is 24.4 Å². The van der Waals surface area contributed by atoms with Crippen LogP contribution in [0.4, 0.5) is 4.39 Å². The number of halogens is 3. The Morgan fingerprint density at radius 2 is 1.84 bits per heavy atom. The van der Waals surface area contributed by atoms with Crippen LogP contribution in [0, 0.1) is 5.82 Å². The fraction of sp³-hybridized carbons (Fsp3) is 0.375. The summed E-state index contributed by atoms with van der Waals surface area (Å²) in [6.45, 7) is 6.45. The van der Waals surface area contributed by atoms with Crippen molar-refractivity contribution < 1.29 is 4.39 Å². The van der Waals surface area contributed by atoms with E-state index in [0.29, 0.717) is 23.0 Å². The van der Waals surface area contributed by atoms with Gasteiger partial charge in [-0.2, -0.15) is 0 Å². The van der Waals surface area contributed by atoms with Gasteiger partial charge in [0.25, 0.3) is 0 Å². The van der Waals surface area contributed by atoms with Crippen LogP contribution in [0.5, 0.6) is 0 Å². The monoisotopic (exact) mass is 475 g/mol. The first-order valence-electron chi connectivity index (χ1n) is 10.9. The number of hydrogen-bond acceptors (Lipinski definition) is 4. The molecule has 0 bridgehead atoms. The van der Waals surface area contributed by atoms with Crippen LogP contribution in [0.2, 0.25) is 10.0 Å². The third kappa shape index (κ3) is 6.53. The van der Waals surface area contributed by atoms with Gasteiger partial charge in [-0.1, -0.05) is 35.3 Å². The molecule has 2 N–H and O–H groups in total. The summed E-state index contributed by atoms with van der Waals surface area (Å²) in [7, 11) is 0. The highest BCUT2D eigenvalue weighted by molar-refractivity contribution is 6.34. The quantitative estimate of drug-likeness (QED) is 0.476. The Kier molecular flexibility index (Phi) is 8.16. The van der Waals surface area contributed by atoms with Crippen molar-refractivity contribution in [3.8, 4) is 0 Å². The fourth-order valence-corrected chi connectivity index (χ4v) is 4.80. The lowest BCUT2D eigenvalue weighted by Crippen LogP contribution is -2.46. The van der Waals surface area contributed by atoms with Crippen LogP contribution in [0.15, 0.2) is 54.9 Å². The zero-order valence-electron chi connectivity index (χ0n) is 17.9. The number of imidazole rings is 1. The maximum Gasteiger partial charge on any atom is 0.123 e. The Labute approximate surface area is 198 Å². The van der Waals surface area contributed by atoms with E-state index in [1.165, 1.54) is 6.07 Å². The van der Waals surface area contributed by atoms with E-state index in [2.05, 4.69) is 25.1 Å². The van der Waals surface area contributed by atoms with Crippen molar-refractivity contribution >= 4 is 23.2 Å². The standard InChI is InChI=1S/C24H28Cl2FN5/c25-20-12-19(13-21(26)16-20)15-23(24-29-4-5-30-24)32(11-10-31-8-6-28-7-9-31)17-18-2-1-3-22(27)14-18/h1-5,12-14,16,23,28H,6-11,15,17H2,(H,29,30). The van der Waals surface area contributed by atoms with E-state index < -0.39 is 0 Å². The highest BCUT2D eigenvalue weighted by Gasteiger charge is 2.25. The first kappa shape index (κ1) is 23.2. The predicted molar refractivity (Wildman–Crippen MR) is 128 cm³/mol. The van der Waals surface area contributed by atoms with Gasteiger partial charge in [0.2, 0.25) is 0 Å². The van der Waals surface area contributed by atoms with Gasteiger partial charge < -0.3 is 10.3 Å². The van der Waals surface area contributed by atoms with Crippen molar-refractivity contribution in [2.75, 3.05) is 39.3 Å². The lowest BCUT2D eigenvalue weighted by molar-refractivity contribution is 0.140. The summed E-state index contributed by atoms with van der Waals surface area (Å²) in [6, 6.07) is 12.4. The molecule has 2 aromatic carbocycles. The van der Waals surface area contributed by atoms with E-state index in [4.69, 9.17) is 23.2 Å². The normalized spacial score (nSPS) is 15.9. The summed E-state index contributed by atoms with van der Waals surface area (Å²) >= 11 is 12.5. The molecular formula is C24H28Cl2FN5. The minimum absolute atomic E-state index is 0.0364. The molecule has 1 aliphatic rings. The number of aromatic nitrogens is 2. The number of benzene rings is 2. The maximum absolute atomic E-state index is 13.9. The van der Waals surface area contributed by atoms with Crippen molar-refractivity contribution in [2.45, 2.75) is 19.0 Å². The highest BCUT2D eigenvalue weighted by atomic mass is 35.5. The van der Waals surface area contributed by atoms with Crippen LogP contribution in [-0.2, 0) is 13.0 Å². The Balaban J connectivity index is 1.61. The first-order valence-corrected chi connectivity index (χ1v) is 11.7. The van der Waals surface area contributed by atoms with Crippen LogP contribution >= 0.6 is 23.2 Å². The molecule has 0 radical (unpaired) electrons. The molecule has 1 atom stereocenters. The van der Waals surface area contributed by atoms with Gasteiger partial charge in [0, 0.05) is 68.3 Å². The molecule has 1 saturated heterocycles. The summed E-state index contributed by atoms with van der Waals surface area (Å²) in [5, 5.41) is 4.63. The van der Waals surface area contributed by atoms with E-state index in [1.807, 2.05) is 24.4 Å². The molecule has 32 heavy (non-hydrogen) atoms. The summed E-state index contributed by atoms with van der Waals surface area (Å²) in [4.78, 5) is 12.7. The number of hydrogen-bond donors (Lipinski definition) is 2. The van der Waals surface area contributed by atoms with Gasteiger partial charge in [0.1, 0.15) is 11.6 Å². The minimum atomic E-state index is -0.222. The first-order chi connectivity index (χ1) is 15.6. The molecule has 1 aliphatic heterocycles. The van der Waals surface area contributed by atoms with Crippen molar-refractivity contribution in [3.63, 3.8) is 0 Å². The molecule has 0 spiro atoms. The van der Waals surface area contributed by atoms with Crippen LogP contribution in [0.1, 0.15) is 23.0 Å². The Morgan fingerprint density at radius 1 is 1.06 bits per heavy atom. The highest BCUT2D eigenvalue weighted by Crippen LogP contribution is 2.28. The molecular weight excluding hydrogens is 448 g/mol. The predicted octanol–water partition coefficient (Wildman–Crippen LogP) is 4.55. The van der Waals surface area contributed by atoms with Crippen molar-refractivity contribution in [1.29, 1.82) is 0 Å². The van der Waals surface area contributed by atoms with Gasteiger partial charge in [-0.25, -0.2) is 9.37 Å². The topological polar surface area (TPSA) is 47.2 Å². The summed E-state index contributed by atoms with van der Waals surface area (Å²) < 4.78 is 13.9. The Hall–Kier alpha value is -1.96. The number of piperazine rings is 1. The third-order valence-corrected chi connectivity index (χ3v) is 6.25. The van der Waals surface area contributed by atoms with Gasteiger partial charge in [0.15, 0.2) is 0 Å². The van der Waals surface area contributed by atoms with Crippen LogP contribution < -0.4 is 5.32 Å². The smallest absolute Gasteiger partial charge is 0.123 e. The molecule has 0 saturated carbocycles. The van der Waals surface area contributed by atoms with Crippen LogP contribution in [0.3, 0.4) is 0 Å². The molecule has 1 unspecified atom stereocenters. The molecule has 4 rings (SSSR count). The van der Waals surface area contributed by atoms with E-state index >= 15 is 0 Å². The average Bonchev–Trinajstić information content (AvgIpc) is 3.30. The SMILES string of the molecule is Fc1cccc(CN(CCN2CCNCC2)C(Cc2cc(Cl)cc(Cl)c2)c2ncc[nH]2)c1. The molecule has 5 nitrogen and oxygen atoms in total. The second kappa shape index (κ2) is 11.3. The lowest BCUT2D eigenvalue weighted by atomic mass is 10.0. The van der Waals surface area contributed by atoms with Crippen molar-refractivity contribution in [1.82, 2.24) is 25.1 Å². The molecule has 170 valence electrons. The molecule has 0 amide bonds. The van der Waals surface area contributed by atoms with Gasteiger partial charge in [-0.3, -0.25) is 9.80 Å². The second-order valence-electron chi connectivity index (χ2n) is 8.16. The summed E-state index contributed by atoms with van der Waals surface area (Å²) in [6.07, 6.45) is 4.29. The maximum atomic E-state index is 13.9. The van der Waals surface area contributed by atoms with Gasteiger partial charge in [0.05, 0.1) is 6.04 Å². The molecule has 0 aliphatic carbocycles. The van der Waals surface area contributed by atoms with Gasteiger partial charge in [-0.15, -0.1) is 0 Å². The molecule has 1 aromatic heterocycles. The fourth-order valence-electron chi connectivity index (χ4n) is 4.23. The molecule has 3 aromatic rings. The lowest BCUT2D eigenvalue weighted by Gasteiger charge is -2.34. The largest absolute Gasteiger partial charge is 0.347 e. The number of nitrogens with zero attached hydrogens (tertiary/aromatic N) is 3. The zero-order chi connectivity index (χ0) is 22.3. The Bertz CT molecular complexity index is 972. The van der Waals surface area contributed by atoms with Crippen molar-refractivity contribution in [2.24, 2.45) is 0 Å². The second-order valence-corrected chi connectivity index (χ2v) is 9.04. The minimum Gasteiger partial charge on any atom is -0.347 e. The van der Waals surface area contributed by atoms with E-state index in [0.717, 1.165) is 56.2 Å². The van der Waals surface area contributed by atoms with Gasteiger partial charge in [-0.05, 0) is 47.9 Å². The molecule has 8 heteroatoms. The average molecular weight is 476 g/mol. The van der Waals surface area contributed by atoms with E-state index in [-0.39, 0.29) is 11.9 Å². The number of aromatic amines is 1. The molecule has 1 fully saturated rings. The van der Waals surface area contributed by atoms with E-state index in [9.17, 15) is 4.39 Å². The third-order valence-electron chi connectivity index (χ3n) is 5.81. The van der Waals surface area contributed by atoms with Gasteiger partial charge >= 0.3 is 0 Å². The van der Waals surface area contributed by atoms with Crippen molar-refractivity contribution in [3.05, 3.63) is 87.7 Å². The Morgan fingerprint density at radius 3 is 2.53 bits per heavy atom. The zero-order valence-corrected chi connectivity index (χ0v) is 19.4. The van der Waals surface area contributed by atoms with Crippen LogP contribution in [0.25, 0.3) is 0 Å². The number of rotatable bonds is 9. The number of nitrogens with one attached hydrogen (secondary N) is 2.